The van der Waals surface area contributed by atoms with E-state index in [1.54, 1.807) is 43.0 Å². The summed E-state index contributed by atoms with van der Waals surface area (Å²) in [6, 6.07) is 3.92. The predicted octanol–water partition coefficient (Wildman–Crippen LogP) is 3.92. The van der Waals surface area contributed by atoms with Crippen LogP contribution in [0, 0.1) is 5.92 Å². The number of fused-ring (bicyclic) bond motifs is 4. The Balaban J connectivity index is 1.44. The molecule has 0 fully saturated rings. The van der Waals surface area contributed by atoms with Gasteiger partial charge in [0.25, 0.3) is 0 Å². The molecule has 2 atom stereocenters. The van der Waals surface area contributed by atoms with Gasteiger partial charge in [-0.25, -0.2) is 9.97 Å². The second-order valence-electron chi connectivity index (χ2n) is 8.75. The van der Waals surface area contributed by atoms with Crippen LogP contribution in [0.1, 0.15) is 23.8 Å². The number of hydrogen-bond acceptors (Lipinski definition) is 8. The van der Waals surface area contributed by atoms with Crippen molar-refractivity contribution in [3.63, 3.8) is 0 Å². The highest BCUT2D eigenvalue weighted by Gasteiger charge is 2.31. The molecule has 0 aliphatic heterocycles. The number of likely N-dealkylation sites (N-methyl/N-ethyl adjacent to an activating group) is 1. The molecule has 3 heterocycles. The topological polar surface area (TPSA) is 105 Å². The van der Waals surface area contributed by atoms with E-state index >= 15 is 0 Å². The number of carbonyl (C=O) groups excluding carboxylic acids is 1. The molecule has 0 unspecified atom stereocenters. The molecular formula is C24H28N6O3S. The first-order valence-electron chi connectivity index (χ1n) is 11.3. The third-order valence-corrected chi connectivity index (χ3v) is 7.68. The third-order valence-electron chi connectivity index (χ3n) is 6.52. The molecule has 3 aromatic heterocycles. The van der Waals surface area contributed by atoms with Crippen LogP contribution in [0.15, 0.2) is 24.7 Å². The van der Waals surface area contributed by atoms with Crippen molar-refractivity contribution in [1.82, 2.24) is 25.1 Å². The number of nitrogens with one attached hydrogen (secondary N) is 2. The fourth-order valence-electron chi connectivity index (χ4n) is 4.64. The lowest BCUT2D eigenvalue weighted by molar-refractivity contribution is -0.135. The number of thiophene rings is 1. The van der Waals surface area contributed by atoms with Crippen LogP contribution in [0.3, 0.4) is 0 Å². The van der Waals surface area contributed by atoms with E-state index in [0.717, 1.165) is 51.9 Å². The lowest BCUT2D eigenvalue weighted by Gasteiger charge is -2.28. The van der Waals surface area contributed by atoms with Crippen LogP contribution >= 0.6 is 11.3 Å². The molecule has 9 nitrogen and oxygen atoms in total. The molecule has 5 rings (SSSR count). The van der Waals surface area contributed by atoms with Crippen LogP contribution in [0.25, 0.3) is 21.1 Å². The number of ether oxygens (including phenoxy) is 2. The second-order valence-corrected chi connectivity index (χ2v) is 9.83. The minimum atomic E-state index is -0.0254. The highest BCUT2D eigenvalue weighted by atomic mass is 32.1. The number of rotatable bonds is 7. The zero-order valence-corrected chi connectivity index (χ0v) is 20.5. The normalized spacial score (nSPS) is 16.4. The van der Waals surface area contributed by atoms with Crippen LogP contribution in [0.4, 0.5) is 11.5 Å². The van der Waals surface area contributed by atoms with Gasteiger partial charge in [0.15, 0.2) is 0 Å². The van der Waals surface area contributed by atoms with Crippen LogP contribution in [0.2, 0.25) is 0 Å². The minimum absolute atomic E-state index is 0.0135. The molecule has 178 valence electrons. The van der Waals surface area contributed by atoms with Gasteiger partial charge in [0.05, 0.1) is 36.0 Å². The Bertz CT molecular complexity index is 1350. The van der Waals surface area contributed by atoms with Crippen molar-refractivity contribution in [3.8, 4) is 5.75 Å². The van der Waals surface area contributed by atoms with Gasteiger partial charge in [-0.2, -0.15) is 5.10 Å². The Kier molecular flexibility index (Phi) is 6.09. The predicted molar refractivity (Wildman–Crippen MR) is 133 cm³/mol. The maximum atomic E-state index is 13.1. The van der Waals surface area contributed by atoms with Crippen molar-refractivity contribution in [2.24, 2.45) is 5.92 Å². The molecule has 0 saturated heterocycles. The van der Waals surface area contributed by atoms with E-state index < -0.39 is 0 Å². The summed E-state index contributed by atoms with van der Waals surface area (Å²) in [4.78, 5) is 26.1. The quantitative estimate of drug-likeness (QED) is 0.413. The van der Waals surface area contributed by atoms with Gasteiger partial charge >= 0.3 is 0 Å². The van der Waals surface area contributed by atoms with E-state index in [2.05, 4.69) is 25.5 Å². The number of aromatic amines is 1. The van der Waals surface area contributed by atoms with Gasteiger partial charge in [0.2, 0.25) is 5.91 Å². The summed E-state index contributed by atoms with van der Waals surface area (Å²) in [7, 11) is 5.17. The maximum Gasteiger partial charge on any atom is 0.225 e. The standard InChI is InChI=1S/C24H28N6O3S/c1-13(32-3)11-30(2)24(31)14-5-6-16-20(8-14)34-23-21(16)22(25-12-26-23)28-18-7-15-10-27-29-17(15)9-19(18)33-4/h7,9-10,12-14H,5-6,8,11H2,1-4H3,(H,27,29)(H,25,26,28)/t13-,14-/m0/s1. The zero-order chi connectivity index (χ0) is 23.8. The number of carbonyl (C=O) groups is 1. The van der Waals surface area contributed by atoms with E-state index in [-0.39, 0.29) is 17.9 Å². The summed E-state index contributed by atoms with van der Waals surface area (Å²) in [5, 5.41) is 12.6. The molecule has 0 radical (unpaired) electrons. The van der Waals surface area contributed by atoms with Gasteiger partial charge in [-0.15, -0.1) is 11.3 Å². The van der Waals surface area contributed by atoms with E-state index in [1.165, 1.54) is 10.4 Å². The van der Waals surface area contributed by atoms with Gasteiger partial charge in [0.1, 0.15) is 22.7 Å². The maximum absolute atomic E-state index is 13.1. The lowest BCUT2D eigenvalue weighted by atomic mass is 9.87. The summed E-state index contributed by atoms with van der Waals surface area (Å²) in [6.07, 6.45) is 5.73. The monoisotopic (exact) mass is 480 g/mol. The van der Waals surface area contributed by atoms with E-state index in [0.29, 0.717) is 12.3 Å². The number of benzene rings is 1. The number of anilines is 2. The molecule has 1 aliphatic rings. The number of aryl methyl sites for hydroxylation is 1. The molecule has 4 aromatic rings. The first kappa shape index (κ1) is 22.5. The number of aromatic nitrogens is 4. The molecule has 34 heavy (non-hydrogen) atoms. The van der Waals surface area contributed by atoms with E-state index in [1.807, 2.05) is 26.1 Å². The van der Waals surface area contributed by atoms with Crippen molar-refractivity contribution >= 4 is 49.9 Å². The minimum Gasteiger partial charge on any atom is -0.494 e. The average Bonchev–Trinajstić information content (AvgIpc) is 3.46. The number of nitrogens with zero attached hydrogens (tertiary/aromatic N) is 4. The largest absolute Gasteiger partial charge is 0.494 e. The molecule has 1 aliphatic carbocycles. The van der Waals surface area contributed by atoms with Gasteiger partial charge < -0.3 is 19.7 Å². The highest BCUT2D eigenvalue weighted by molar-refractivity contribution is 7.19. The Labute approximate surface area is 201 Å². The lowest BCUT2D eigenvalue weighted by Crippen LogP contribution is -2.39. The van der Waals surface area contributed by atoms with Crippen molar-refractivity contribution in [1.29, 1.82) is 0 Å². The SMILES string of the molecule is COc1cc2[nH]ncc2cc1Nc1ncnc2sc3c(c12)CC[C@H](C(=O)N(C)C[C@H](C)OC)C3. The average molecular weight is 481 g/mol. The molecule has 1 amide bonds. The highest BCUT2D eigenvalue weighted by Crippen LogP contribution is 2.41. The fraction of sp³-hybridized carbons (Fsp3) is 0.417. The number of amides is 1. The smallest absolute Gasteiger partial charge is 0.225 e. The molecule has 10 heteroatoms. The second kappa shape index (κ2) is 9.19. The summed E-state index contributed by atoms with van der Waals surface area (Å²) in [5.41, 5.74) is 2.96. The van der Waals surface area contributed by atoms with Gasteiger partial charge in [0, 0.05) is 42.9 Å². The van der Waals surface area contributed by atoms with Crippen LogP contribution in [-0.4, -0.2) is 64.9 Å². The van der Waals surface area contributed by atoms with Crippen LogP contribution in [0.5, 0.6) is 5.75 Å². The molecule has 1 aromatic carbocycles. The van der Waals surface area contributed by atoms with Gasteiger partial charge in [-0.3, -0.25) is 9.89 Å². The van der Waals surface area contributed by atoms with Crippen molar-refractivity contribution < 1.29 is 14.3 Å². The van der Waals surface area contributed by atoms with Gasteiger partial charge in [-0.05, 0) is 37.8 Å². The summed E-state index contributed by atoms with van der Waals surface area (Å²) >= 11 is 1.66. The Morgan fingerprint density at radius 2 is 2.21 bits per heavy atom. The van der Waals surface area contributed by atoms with Crippen LogP contribution in [-0.2, 0) is 22.4 Å². The van der Waals surface area contributed by atoms with Crippen LogP contribution < -0.4 is 10.1 Å². The number of H-pyrrole nitrogens is 1. The third kappa shape index (κ3) is 4.07. The summed E-state index contributed by atoms with van der Waals surface area (Å²) in [6.45, 7) is 2.56. The number of methoxy groups -OCH3 is 2. The molecule has 0 saturated carbocycles. The Morgan fingerprint density at radius 3 is 3.00 bits per heavy atom. The first-order valence-corrected chi connectivity index (χ1v) is 12.1. The fourth-order valence-corrected chi connectivity index (χ4v) is 5.91. The number of hydrogen-bond donors (Lipinski definition) is 2. The molecule has 2 N–H and O–H groups in total. The summed E-state index contributed by atoms with van der Waals surface area (Å²) in [5.74, 6) is 1.60. The van der Waals surface area contributed by atoms with Gasteiger partial charge in [-0.1, -0.05) is 0 Å². The first-order chi connectivity index (χ1) is 16.5. The zero-order valence-electron chi connectivity index (χ0n) is 19.7. The van der Waals surface area contributed by atoms with Crippen molar-refractivity contribution in [3.05, 3.63) is 35.1 Å². The Hall–Kier alpha value is -3.24. The molecule has 0 bridgehead atoms. The van der Waals surface area contributed by atoms with Crippen molar-refractivity contribution in [2.45, 2.75) is 32.3 Å². The molecule has 0 spiro atoms. The Morgan fingerprint density at radius 1 is 1.35 bits per heavy atom. The van der Waals surface area contributed by atoms with E-state index in [4.69, 9.17) is 9.47 Å². The molecular weight excluding hydrogens is 452 g/mol. The van der Waals surface area contributed by atoms with E-state index in [9.17, 15) is 4.79 Å². The summed E-state index contributed by atoms with van der Waals surface area (Å²) < 4.78 is 10.9. The van der Waals surface area contributed by atoms with Crippen molar-refractivity contribution in [2.75, 3.05) is 33.1 Å².